The van der Waals surface area contributed by atoms with Crippen molar-refractivity contribution in [2.75, 3.05) is 11.9 Å². The van der Waals surface area contributed by atoms with Gasteiger partial charge in [-0.05, 0) is 73.1 Å². The van der Waals surface area contributed by atoms with Crippen molar-refractivity contribution in [1.82, 2.24) is 4.98 Å². The maximum Gasteiger partial charge on any atom is 0.415 e. The Morgan fingerprint density at radius 2 is 1.72 bits per heavy atom. The van der Waals surface area contributed by atoms with Crippen LogP contribution in [0.2, 0.25) is 5.02 Å². The van der Waals surface area contributed by atoms with Gasteiger partial charge in [-0.1, -0.05) is 11.6 Å². The van der Waals surface area contributed by atoms with Gasteiger partial charge in [-0.2, -0.15) is 0 Å². The van der Waals surface area contributed by atoms with Crippen LogP contribution in [0.3, 0.4) is 0 Å². The molecular weight excluding hydrogens is 408 g/mol. The van der Waals surface area contributed by atoms with Crippen LogP contribution in [0.1, 0.15) is 36.8 Å². The van der Waals surface area contributed by atoms with Crippen LogP contribution in [0.5, 0.6) is 0 Å². The Bertz CT molecular complexity index is 801. The number of ketones is 1. The second-order valence-electron chi connectivity index (χ2n) is 6.38. The van der Waals surface area contributed by atoms with Crippen molar-refractivity contribution in [3.05, 3.63) is 57.2 Å². The van der Waals surface area contributed by atoms with Crippen LogP contribution in [0.25, 0.3) is 0 Å². The molecule has 0 spiro atoms. The zero-order valence-corrected chi connectivity index (χ0v) is 16.7. The van der Waals surface area contributed by atoms with Gasteiger partial charge in [0, 0.05) is 22.1 Å². The molecule has 5 nitrogen and oxygen atoms in total. The van der Waals surface area contributed by atoms with E-state index in [9.17, 15) is 9.59 Å². The Labute approximate surface area is 160 Å². The third-order valence-electron chi connectivity index (χ3n) is 3.16. The molecule has 2 aromatic rings. The van der Waals surface area contributed by atoms with E-state index in [1.54, 1.807) is 64.2 Å². The summed E-state index contributed by atoms with van der Waals surface area (Å²) in [5.74, 6) is 0.0396. The molecule has 0 aliphatic carbocycles. The lowest BCUT2D eigenvalue weighted by atomic mass is 10.1. The molecule has 0 atom stereocenters. The van der Waals surface area contributed by atoms with E-state index in [2.05, 4.69) is 20.9 Å². The molecule has 0 aliphatic rings. The molecule has 7 heteroatoms. The van der Waals surface area contributed by atoms with Crippen LogP contribution in [-0.4, -0.2) is 29.5 Å². The number of nitrogens with zero attached hydrogens (tertiary/aromatic N) is 2. The predicted molar refractivity (Wildman–Crippen MR) is 101 cm³/mol. The lowest BCUT2D eigenvalue weighted by Crippen LogP contribution is -2.34. The molecule has 0 radical (unpaired) electrons. The second kappa shape index (κ2) is 7.54. The van der Waals surface area contributed by atoms with Gasteiger partial charge in [0.05, 0.1) is 0 Å². The maximum atomic E-state index is 12.7. The fourth-order valence-electron chi connectivity index (χ4n) is 1.94. The summed E-state index contributed by atoms with van der Waals surface area (Å²) in [5.41, 5.74) is 0.0350. The predicted octanol–water partition coefficient (Wildman–Crippen LogP) is 5.10. The SMILES string of the molecule is CN(C(=O)OC(C)(C)C)c1ccc(Br)c(C(=O)c2ccc(Cl)cc2)n1. The van der Waals surface area contributed by atoms with Crippen molar-refractivity contribution < 1.29 is 14.3 Å². The van der Waals surface area contributed by atoms with E-state index >= 15 is 0 Å². The second-order valence-corrected chi connectivity index (χ2v) is 7.67. The quantitative estimate of drug-likeness (QED) is 0.642. The fraction of sp³-hybridized carbons (Fsp3) is 0.278. The molecule has 0 unspecified atom stereocenters. The molecule has 0 fully saturated rings. The van der Waals surface area contributed by atoms with E-state index in [4.69, 9.17) is 16.3 Å². The van der Waals surface area contributed by atoms with Gasteiger partial charge in [-0.15, -0.1) is 0 Å². The van der Waals surface area contributed by atoms with Gasteiger partial charge in [0.25, 0.3) is 0 Å². The molecule has 1 aromatic carbocycles. The van der Waals surface area contributed by atoms with Crippen LogP contribution in [0.4, 0.5) is 10.6 Å². The Morgan fingerprint density at radius 3 is 2.28 bits per heavy atom. The number of ether oxygens (including phenoxy) is 1. The average molecular weight is 426 g/mol. The minimum Gasteiger partial charge on any atom is -0.443 e. The smallest absolute Gasteiger partial charge is 0.415 e. The number of hydrogen-bond donors (Lipinski definition) is 0. The van der Waals surface area contributed by atoms with Gasteiger partial charge >= 0.3 is 6.09 Å². The molecule has 0 saturated heterocycles. The lowest BCUT2D eigenvalue weighted by Gasteiger charge is -2.24. The van der Waals surface area contributed by atoms with E-state index in [1.807, 2.05) is 0 Å². The molecule has 1 amide bonds. The highest BCUT2D eigenvalue weighted by atomic mass is 79.9. The summed E-state index contributed by atoms with van der Waals surface area (Å²) in [6.07, 6.45) is -0.549. The molecule has 0 N–H and O–H groups in total. The Morgan fingerprint density at radius 1 is 1.12 bits per heavy atom. The van der Waals surface area contributed by atoms with Crippen LogP contribution >= 0.6 is 27.5 Å². The highest BCUT2D eigenvalue weighted by Crippen LogP contribution is 2.23. The molecular formula is C18H18BrClN2O3. The molecule has 0 saturated carbocycles. The van der Waals surface area contributed by atoms with Gasteiger partial charge in [-0.3, -0.25) is 9.69 Å². The van der Waals surface area contributed by atoms with E-state index in [-0.39, 0.29) is 11.5 Å². The summed E-state index contributed by atoms with van der Waals surface area (Å²) in [5, 5.41) is 0.544. The van der Waals surface area contributed by atoms with Gasteiger partial charge < -0.3 is 4.74 Å². The van der Waals surface area contributed by atoms with Crippen LogP contribution in [-0.2, 0) is 4.74 Å². The summed E-state index contributed by atoms with van der Waals surface area (Å²) in [6, 6.07) is 9.84. The number of aromatic nitrogens is 1. The third-order valence-corrected chi connectivity index (χ3v) is 4.06. The fourth-order valence-corrected chi connectivity index (χ4v) is 2.47. The Kier molecular flexibility index (Phi) is 5.85. The van der Waals surface area contributed by atoms with Gasteiger partial charge in [0.2, 0.25) is 5.78 Å². The third kappa shape index (κ3) is 5.03. The van der Waals surface area contributed by atoms with Crippen LogP contribution < -0.4 is 4.90 Å². The Hall–Kier alpha value is -1.92. The first-order valence-electron chi connectivity index (χ1n) is 7.52. The number of carbonyl (C=O) groups excluding carboxylic acids is 2. The summed E-state index contributed by atoms with van der Waals surface area (Å²) in [7, 11) is 1.54. The number of anilines is 1. The first-order valence-corrected chi connectivity index (χ1v) is 8.69. The van der Waals surface area contributed by atoms with E-state index < -0.39 is 11.7 Å². The van der Waals surface area contributed by atoms with Crippen LogP contribution in [0.15, 0.2) is 40.9 Å². The standard InChI is InChI=1S/C18H18BrClN2O3/c1-18(2,3)25-17(24)22(4)14-10-9-13(19)15(21-14)16(23)11-5-7-12(20)8-6-11/h5-10H,1-4H3. The number of rotatable bonds is 3. The van der Waals surface area contributed by atoms with E-state index in [0.717, 1.165) is 0 Å². The average Bonchev–Trinajstić information content (AvgIpc) is 2.53. The number of hydrogen-bond acceptors (Lipinski definition) is 4. The number of carbonyl (C=O) groups is 2. The van der Waals surface area contributed by atoms with Gasteiger partial charge in [-0.25, -0.2) is 9.78 Å². The first kappa shape index (κ1) is 19.4. The topological polar surface area (TPSA) is 59.5 Å². The van der Waals surface area contributed by atoms with Crippen molar-refractivity contribution in [1.29, 1.82) is 0 Å². The zero-order chi connectivity index (χ0) is 18.8. The molecule has 1 heterocycles. The van der Waals surface area contributed by atoms with Crippen molar-refractivity contribution >= 4 is 45.2 Å². The van der Waals surface area contributed by atoms with Gasteiger partial charge in [0.15, 0.2) is 0 Å². The number of benzene rings is 1. The van der Waals surface area contributed by atoms with Crippen LogP contribution in [0, 0.1) is 0 Å². The van der Waals surface area contributed by atoms with E-state index in [0.29, 0.717) is 20.9 Å². The first-order chi connectivity index (χ1) is 11.6. The number of amides is 1. The molecule has 132 valence electrons. The number of halogens is 2. The summed E-state index contributed by atoms with van der Waals surface area (Å²) in [6.45, 7) is 5.34. The zero-order valence-electron chi connectivity index (χ0n) is 14.3. The molecule has 2 rings (SSSR count). The summed E-state index contributed by atoms with van der Waals surface area (Å²) < 4.78 is 5.85. The minimum absolute atomic E-state index is 0.204. The van der Waals surface area contributed by atoms with E-state index in [1.165, 1.54) is 4.90 Å². The molecule has 1 aromatic heterocycles. The van der Waals surface area contributed by atoms with Crippen molar-refractivity contribution in [3.63, 3.8) is 0 Å². The summed E-state index contributed by atoms with van der Waals surface area (Å²) in [4.78, 5) is 30.4. The van der Waals surface area contributed by atoms with Crippen molar-refractivity contribution in [2.24, 2.45) is 0 Å². The maximum absolute atomic E-state index is 12.7. The number of pyridine rings is 1. The normalized spacial score (nSPS) is 11.1. The Balaban J connectivity index is 2.32. The monoisotopic (exact) mass is 424 g/mol. The lowest BCUT2D eigenvalue weighted by molar-refractivity contribution is 0.0588. The molecule has 0 bridgehead atoms. The molecule has 0 aliphatic heterocycles. The van der Waals surface area contributed by atoms with Crippen molar-refractivity contribution in [3.8, 4) is 0 Å². The minimum atomic E-state index is -0.622. The highest BCUT2D eigenvalue weighted by Gasteiger charge is 2.23. The molecule has 25 heavy (non-hydrogen) atoms. The van der Waals surface area contributed by atoms with Crippen molar-refractivity contribution in [2.45, 2.75) is 26.4 Å². The highest BCUT2D eigenvalue weighted by molar-refractivity contribution is 9.10. The largest absolute Gasteiger partial charge is 0.443 e. The van der Waals surface area contributed by atoms with Gasteiger partial charge in [0.1, 0.15) is 17.1 Å². The summed E-state index contributed by atoms with van der Waals surface area (Å²) >= 11 is 9.19.